The number of amides is 1. The Balaban J connectivity index is 2.46. The van der Waals surface area contributed by atoms with Gasteiger partial charge in [-0.15, -0.1) is 0 Å². The lowest BCUT2D eigenvalue weighted by Crippen LogP contribution is -2.60. The first-order valence-electron chi connectivity index (χ1n) is 19.4. The monoisotopic (exact) mass is 672 g/mol. The molecule has 0 saturated carbocycles. The minimum absolute atomic E-state index is 0.179. The molecule has 1 amide bonds. The number of ether oxygens (including phenoxy) is 2. The average molecular weight is 672 g/mol. The van der Waals surface area contributed by atoms with Gasteiger partial charge in [-0.3, -0.25) is 4.79 Å². The molecule has 9 heteroatoms. The number of nitrogens with one attached hydrogen (secondary N) is 1. The Morgan fingerprint density at radius 2 is 1.17 bits per heavy atom. The smallest absolute Gasteiger partial charge is 0.220 e. The predicted octanol–water partition coefficient (Wildman–Crippen LogP) is 6.61. The summed E-state index contributed by atoms with van der Waals surface area (Å²) in [5.74, 6) is -0.179. The van der Waals surface area contributed by atoms with Crippen LogP contribution in [0, 0.1) is 0 Å². The third kappa shape index (κ3) is 21.6. The Morgan fingerprint density at radius 1 is 0.702 bits per heavy atom. The summed E-state index contributed by atoms with van der Waals surface area (Å²) in [4.78, 5) is 12.8. The largest absolute Gasteiger partial charge is 0.394 e. The molecule has 0 unspecified atom stereocenters. The van der Waals surface area contributed by atoms with Crippen LogP contribution < -0.4 is 5.32 Å². The molecule has 1 heterocycles. The molecule has 6 N–H and O–H groups in total. The number of hydrogen-bond donors (Lipinski definition) is 6. The molecule has 9 nitrogen and oxygen atoms in total. The Hall–Kier alpha value is -1.07. The van der Waals surface area contributed by atoms with E-state index in [-0.39, 0.29) is 12.5 Å². The molecule has 0 spiro atoms. The summed E-state index contributed by atoms with van der Waals surface area (Å²) < 4.78 is 11.1. The molecular formula is C38H73NO8. The number of carbonyl (C=O) groups excluding carboxylic acids is 1. The van der Waals surface area contributed by atoms with E-state index < -0.39 is 49.5 Å². The van der Waals surface area contributed by atoms with E-state index in [2.05, 4.69) is 19.2 Å². The van der Waals surface area contributed by atoms with Gasteiger partial charge in [-0.25, -0.2) is 0 Å². The van der Waals surface area contributed by atoms with Gasteiger partial charge in [-0.1, -0.05) is 154 Å². The number of allylic oxidation sites excluding steroid dienone is 1. The maximum Gasteiger partial charge on any atom is 0.220 e. The van der Waals surface area contributed by atoms with Crippen LogP contribution >= 0.6 is 0 Å². The summed E-state index contributed by atoms with van der Waals surface area (Å²) in [6.07, 6.45) is 23.9. The van der Waals surface area contributed by atoms with E-state index in [4.69, 9.17) is 9.47 Å². The van der Waals surface area contributed by atoms with Gasteiger partial charge in [-0.05, 0) is 19.3 Å². The maximum absolute atomic E-state index is 12.8. The van der Waals surface area contributed by atoms with Crippen LogP contribution in [0.2, 0.25) is 0 Å². The SMILES string of the molecule is CCCCCCCCCCCC/C=C/[C@@H](O)[C@H](CO[C@@H]1O[C@H](CO)[C@H](O)[C@H](O)[C@H]1O)NC(=O)CCCCCCCCCCCCCC. The van der Waals surface area contributed by atoms with Crippen molar-refractivity contribution in [1.82, 2.24) is 5.32 Å². The minimum Gasteiger partial charge on any atom is -0.394 e. The molecule has 7 atom stereocenters. The van der Waals surface area contributed by atoms with Crippen molar-refractivity contribution in [2.45, 2.75) is 211 Å². The Labute approximate surface area is 286 Å². The highest BCUT2D eigenvalue weighted by atomic mass is 16.7. The molecule has 0 radical (unpaired) electrons. The average Bonchev–Trinajstić information content (AvgIpc) is 3.07. The molecular weight excluding hydrogens is 598 g/mol. The number of hydrogen-bond acceptors (Lipinski definition) is 8. The highest BCUT2D eigenvalue weighted by Crippen LogP contribution is 2.22. The van der Waals surface area contributed by atoms with Crippen LogP contribution in [0.5, 0.6) is 0 Å². The third-order valence-electron chi connectivity index (χ3n) is 9.36. The van der Waals surface area contributed by atoms with Crippen molar-refractivity contribution in [2.24, 2.45) is 0 Å². The van der Waals surface area contributed by atoms with Gasteiger partial charge in [0, 0.05) is 6.42 Å². The van der Waals surface area contributed by atoms with Crippen LogP contribution in [0.3, 0.4) is 0 Å². The molecule has 1 saturated heterocycles. The zero-order valence-corrected chi connectivity index (χ0v) is 30.0. The number of rotatable bonds is 31. The van der Waals surface area contributed by atoms with Crippen LogP contribution in [-0.2, 0) is 14.3 Å². The van der Waals surface area contributed by atoms with Gasteiger partial charge in [0.15, 0.2) is 6.29 Å². The molecule has 1 aliphatic rings. The molecule has 0 aromatic carbocycles. The van der Waals surface area contributed by atoms with E-state index in [9.17, 15) is 30.3 Å². The summed E-state index contributed by atoms with van der Waals surface area (Å²) in [7, 11) is 0. The molecule has 0 bridgehead atoms. The van der Waals surface area contributed by atoms with Crippen molar-refractivity contribution >= 4 is 5.91 Å². The Kier molecular flexibility index (Phi) is 27.9. The highest BCUT2D eigenvalue weighted by molar-refractivity contribution is 5.76. The third-order valence-corrected chi connectivity index (χ3v) is 9.36. The quantitative estimate of drug-likeness (QED) is 0.0357. The lowest BCUT2D eigenvalue weighted by molar-refractivity contribution is -0.302. The van der Waals surface area contributed by atoms with Crippen LogP contribution in [-0.4, -0.2) is 87.5 Å². The van der Waals surface area contributed by atoms with Crippen LogP contribution in [0.15, 0.2) is 12.2 Å². The summed E-state index contributed by atoms with van der Waals surface area (Å²) in [6.45, 7) is 3.74. The van der Waals surface area contributed by atoms with Crippen molar-refractivity contribution in [3.8, 4) is 0 Å². The second-order valence-corrected chi connectivity index (χ2v) is 13.7. The Morgan fingerprint density at radius 3 is 1.66 bits per heavy atom. The van der Waals surface area contributed by atoms with Crippen molar-refractivity contribution < 1.29 is 39.8 Å². The van der Waals surface area contributed by atoms with Crippen molar-refractivity contribution in [2.75, 3.05) is 13.2 Å². The van der Waals surface area contributed by atoms with E-state index in [1.807, 2.05) is 6.08 Å². The molecule has 1 fully saturated rings. The minimum atomic E-state index is -1.56. The first kappa shape index (κ1) is 44.0. The number of aliphatic hydroxyl groups is 5. The fourth-order valence-electron chi connectivity index (χ4n) is 6.15. The lowest BCUT2D eigenvalue weighted by Gasteiger charge is -2.40. The van der Waals surface area contributed by atoms with Crippen LogP contribution in [0.4, 0.5) is 0 Å². The van der Waals surface area contributed by atoms with E-state index in [0.29, 0.717) is 6.42 Å². The number of carbonyl (C=O) groups is 1. The fourth-order valence-corrected chi connectivity index (χ4v) is 6.15. The predicted molar refractivity (Wildman–Crippen MR) is 189 cm³/mol. The zero-order chi connectivity index (χ0) is 34.5. The van der Waals surface area contributed by atoms with Gasteiger partial charge in [0.05, 0.1) is 25.4 Å². The molecule has 1 aliphatic heterocycles. The maximum atomic E-state index is 12.8. The summed E-state index contributed by atoms with van der Waals surface area (Å²) in [5.41, 5.74) is 0. The van der Waals surface area contributed by atoms with Gasteiger partial charge in [0.2, 0.25) is 5.91 Å². The molecule has 0 aromatic heterocycles. The first-order valence-corrected chi connectivity index (χ1v) is 19.4. The fraction of sp³-hybridized carbons (Fsp3) is 0.921. The van der Waals surface area contributed by atoms with E-state index in [1.54, 1.807) is 6.08 Å². The van der Waals surface area contributed by atoms with Gasteiger partial charge >= 0.3 is 0 Å². The lowest BCUT2D eigenvalue weighted by atomic mass is 9.99. The van der Waals surface area contributed by atoms with Gasteiger partial charge in [-0.2, -0.15) is 0 Å². The van der Waals surface area contributed by atoms with Crippen LogP contribution in [0.25, 0.3) is 0 Å². The van der Waals surface area contributed by atoms with E-state index >= 15 is 0 Å². The molecule has 0 aromatic rings. The topological polar surface area (TPSA) is 149 Å². The van der Waals surface area contributed by atoms with Crippen molar-refractivity contribution in [3.05, 3.63) is 12.2 Å². The summed E-state index contributed by atoms with van der Waals surface area (Å²) >= 11 is 0. The van der Waals surface area contributed by atoms with Gasteiger partial charge < -0.3 is 40.3 Å². The summed E-state index contributed by atoms with van der Waals surface area (Å²) in [5, 5.41) is 53.8. The zero-order valence-electron chi connectivity index (χ0n) is 30.0. The Bertz CT molecular complexity index is 751. The first-order chi connectivity index (χ1) is 22.8. The van der Waals surface area contributed by atoms with Crippen LogP contribution in [0.1, 0.15) is 168 Å². The highest BCUT2D eigenvalue weighted by Gasteiger charge is 2.44. The summed E-state index contributed by atoms with van der Waals surface area (Å²) in [6, 6.07) is -0.795. The molecule has 278 valence electrons. The van der Waals surface area contributed by atoms with Gasteiger partial charge in [0.25, 0.3) is 0 Å². The van der Waals surface area contributed by atoms with Gasteiger partial charge in [0.1, 0.15) is 24.4 Å². The van der Waals surface area contributed by atoms with Crippen molar-refractivity contribution in [1.29, 1.82) is 0 Å². The second-order valence-electron chi connectivity index (χ2n) is 13.7. The van der Waals surface area contributed by atoms with E-state index in [1.165, 1.54) is 109 Å². The standard InChI is InChI=1S/C38H73NO8/c1-3-5-7-9-11-13-15-17-19-21-23-25-27-32(41)31(30-46-38-37(45)36(44)35(43)33(29-40)47-38)39-34(42)28-26-24-22-20-18-16-14-12-10-8-6-4-2/h25,27,31-33,35-38,40-41,43-45H,3-24,26,28-30H2,1-2H3,(H,39,42)/b27-25+/t31-,32+,33+,35-,36-,37+,38+/m0/s1. The number of aliphatic hydroxyl groups excluding tert-OH is 5. The molecule has 0 aliphatic carbocycles. The van der Waals surface area contributed by atoms with E-state index in [0.717, 1.165) is 38.5 Å². The van der Waals surface area contributed by atoms with Crippen molar-refractivity contribution in [3.63, 3.8) is 0 Å². The normalized spacial score (nSPS) is 22.9. The molecule has 1 rings (SSSR count). The second kappa shape index (κ2) is 29.8. The number of unbranched alkanes of at least 4 members (excludes halogenated alkanes) is 21. The molecule has 47 heavy (non-hydrogen) atoms.